The van der Waals surface area contributed by atoms with Crippen LogP contribution in [0.4, 0.5) is 5.69 Å². The second-order valence-corrected chi connectivity index (χ2v) is 11.9. The molecule has 0 saturated carbocycles. The molecule has 0 aliphatic heterocycles. The van der Waals surface area contributed by atoms with Gasteiger partial charge in [0, 0.05) is 5.56 Å². The molecular weight excluding hydrogens is 346 g/mol. The van der Waals surface area contributed by atoms with Crippen molar-refractivity contribution in [1.82, 2.24) is 0 Å². The fourth-order valence-corrected chi connectivity index (χ4v) is 3.07. The van der Waals surface area contributed by atoms with E-state index in [4.69, 9.17) is 9.16 Å². The van der Waals surface area contributed by atoms with Gasteiger partial charge in [-0.2, -0.15) is 0 Å². The number of hydrogen-bond acceptors (Lipinski definition) is 7. The van der Waals surface area contributed by atoms with Gasteiger partial charge in [-0.1, -0.05) is 20.8 Å². The van der Waals surface area contributed by atoms with Crippen molar-refractivity contribution in [2.24, 2.45) is 0 Å². The molecule has 2 N–H and O–H groups in total. The Morgan fingerprint density at radius 1 is 1.32 bits per heavy atom. The molecule has 0 heterocycles. The number of carbonyl (C=O) groups excluding carboxylic acids is 1. The van der Waals surface area contributed by atoms with E-state index >= 15 is 0 Å². The van der Waals surface area contributed by atoms with Crippen LogP contribution in [-0.2, 0) is 14.0 Å². The van der Waals surface area contributed by atoms with E-state index in [9.17, 15) is 25.1 Å². The van der Waals surface area contributed by atoms with Gasteiger partial charge in [0.05, 0.1) is 11.5 Å². The number of nitro groups is 1. The van der Waals surface area contributed by atoms with Gasteiger partial charge in [-0.25, -0.2) is 4.79 Å². The maximum absolute atomic E-state index is 12.4. The highest BCUT2D eigenvalue weighted by atomic mass is 28.4. The Bertz CT molecular complexity index is 667. The fourth-order valence-electron chi connectivity index (χ4n) is 1.90. The number of esters is 1. The van der Waals surface area contributed by atoms with Crippen LogP contribution in [0.15, 0.2) is 12.1 Å². The highest BCUT2D eigenvalue weighted by molar-refractivity contribution is 6.74. The minimum atomic E-state index is -2.47. The van der Waals surface area contributed by atoms with E-state index in [1.807, 2.05) is 33.9 Å². The van der Waals surface area contributed by atoms with E-state index < -0.39 is 42.5 Å². The first kappa shape index (κ1) is 20.9. The summed E-state index contributed by atoms with van der Waals surface area (Å²) in [5.74, 6) is -2.24. The molecule has 0 aliphatic rings. The quantitative estimate of drug-likeness (QED) is 0.339. The summed E-state index contributed by atoms with van der Waals surface area (Å²) >= 11 is 0. The third-order valence-corrected chi connectivity index (χ3v) is 8.78. The maximum atomic E-state index is 12.4. The fraction of sp³-hybridized carbons (Fsp3) is 0.562. The molecule has 1 rings (SSSR count). The zero-order valence-electron chi connectivity index (χ0n) is 15.3. The van der Waals surface area contributed by atoms with Crippen LogP contribution >= 0.6 is 0 Å². The summed E-state index contributed by atoms with van der Waals surface area (Å²) in [5, 5.41) is 30.7. The average Bonchev–Trinajstić information content (AvgIpc) is 2.44. The highest BCUT2D eigenvalue weighted by Crippen LogP contribution is 2.45. The first-order valence-corrected chi connectivity index (χ1v) is 10.8. The Morgan fingerprint density at radius 2 is 1.88 bits per heavy atom. The number of ether oxygens (including phenoxy) is 1. The molecular formula is C16H25NO7Si. The first-order chi connectivity index (χ1) is 11.3. The molecule has 25 heavy (non-hydrogen) atoms. The minimum Gasteiger partial charge on any atom is -0.502 e. The summed E-state index contributed by atoms with van der Waals surface area (Å²) in [4.78, 5) is 22.6. The third kappa shape index (κ3) is 4.49. The summed E-state index contributed by atoms with van der Waals surface area (Å²) in [6.07, 6.45) is -1.32. The molecule has 0 aliphatic carbocycles. The number of nitro benzene ring substituents is 1. The number of nitrogens with zero attached hydrogens (tertiary/aromatic N) is 1. The molecule has 0 fully saturated rings. The van der Waals surface area contributed by atoms with E-state index in [2.05, 4.69) is 0 Å². The molecule has 0 spiro atoms. The lowest BCUT2D eigenvalue weighted by molar-refractivity contribution is -0.387. The Balaban J connectivity index is 3.48. The Kier molecular flexibility index (Phi) is 6.19. The number of phenols is 2. The molecule has 9 heteroatoms. The molecule has 1 aromatic carbocycles. The van der Waals surface area contributed by atoms with Gasteiger partial charge < -0.3 is 19.4 Å². The van der Waals surface area contributed by atoms with Crippen molar-refractivity contribution in [3.63, 3.8) is 0 Å². The van der Waals surface area contributed by atoms with Crippen molar-refractivity contribution in [1.29, 1.82) is 0 Å². The Hall–Kier alpha value is -2.13. The molecule has 140 valence electrons. The SMILES string of the molecule is CCOC(=O)C(O[Si](C)(C)C(C)(C)C)c1ccc(O)c([N+](=O)[O-])c1O. The number of benzene rings is 1. The van der Waals surface area contributed by atoms with Gasteiger partial charge in [0.2, 0.25) is 5.75 Å². The van der Waals surface area contributed by atoms with Gasteiger partial charge in [-0.05, 0) is 37.2 Å². The van der Waals surface area contributed by atoms with Crippen molar-refractivity contribution in [2.75, 3.05) is 6.61 Å². The van der Waals surface area contributed by atoms with Gasteiger partial charge in [0.25, 0.3) is 0 Å². The van der Waals surface area contributed by atoms with Crippen LogP contribution in [0.1, 0.15) is 39.4 Å². The van der Waals surface area contributed by atoms with Crippen LogP contribution in [0.25, 0.3) is 0 Å². The van der Waals surface area contributed by atoms with Crippen LogP contribution in [0.3, 0.4) is 0 Å². The normalized spacial score (nSPS) is 13.4. The van der Waals surface area contributed by atoms with Crippen molar-refractivity contribution in [2.45, 2.75) is 51.9 Å². The van der Waals surface area contributed by atoms with Gasteiger partial charge in [0.15, 0.2) is 20.2 Å². The summed E-state index contributed by atoms with van der Waals surface area (Å²) in [5.41, 5.74) is -0.974. The van der Waals surface area contributed by atoms with E-state index in [1.165, 1.54) is 6.07 Å². The zero-order chi connectivity index (χ0) is 19.6. The van der Waals surface area contributed by atoms with Crippen LogP contribution in [-0.4, -0.2) is 36.0 Å². The minimum absolute atomic E-state index is 0.0944. The van der Waals surface area contributed by atoms with Gasteiger partial charge in [0.1, 0.15) is 0 Å². The van der Waals surface area contributed by atoms with Crippen LogP contribution in [0.5, 0.6) is 11.5 Å². The van der Waals surface area contributed by atoms with E-state index in [0.29, 0.717) is 0 Å². The van der Waals surface area contributed by atoms with Crippen LogP contribution in [0.2, 0.25) is 18.1 Å². The topological polar surface area (TPSA) is 119 Å². The van der Waals surface area contributed by atoms with E-state index in [-0.39, 0.29) is 17.2 Å². The largest absolute Gasteiger partial charge is 0.502 e. The average molecular weight is 371 g/mol. The summed E-state index contributed by atoms with van der Waals surface area (Å²) in [6, 6.07) is 2.28. The number of phenolic OH excluding ortho intramolecular Hbond substituents is 2. The second-order valence-electron chi connectivity index (χ2n) is 7.14. The van der Waals surface area contributed by atoms with Gasteiger partial charge in [-0.15, -0.1) is 0 Å². The lowest BCUT2D eigenvalue weighted by Gasteiger charge is -2.38. The van der Waals surface area contributed by atoms with Gasteiger partial charge in [-0.3, -0.25) is 10.1 Å². The standard InChI is InChI=1S/C16H25NO7Si/c1-7-23-15(20)14(24-25(5,6)16(2,3)4)10-8-9-11(18)12(13(10)19)17(21)22/h8-9,14,18-19H,7H2,1-6H3. The molecule has 0 amide bonds. The first-order valence-electron chi connectivity index (χ1n) is 7.87. The summed E-state index contributed by atoms with van der Waals surface area (Å²) in [6.45, 7) is 11.5. The Morgan fingerprint density at radius 3 is 2.32 bits per heavy atom. The number of carbonyl (C=O) groups is 1. The van der Waals surface area contributed by atoms with E-state index in [0.717, 1.165) is 6.07 Å². The van der Waals surface area contributed by atoms with Crippen molar-refractivity contribution in [3.8, 4) is 11.5 Å². The van der Waals surface area contributed by atoms with Gasteiger partial charge >= 0.3 is 11.7 Å². The molecule has 0 saturated heterocycles. The monoisotopic (exact) mass is 371 g/mol. The highest BCUT2D eigenvalue weighted by Gasteiger charge is 2.43. The number of aromatic hydroxyl groups is 2. The molecule has 1 unspecified atom stereocenters. The maximum Gasteiger partial charge on any atom is 0.352 e. The predicted molar refractivity (Wildman–Crippen MR) is 94.1 cm³/mol. The van der Waals surface area contributed by atoms with Crippen molar-refractivity contribution in [3.05, 3.63) is 27.8 Å². The molecule has 8 nitrogen and oxygen atoms in total. The number of hydrogen-bond donors (Lipinski definition) is 2. The van der Waals surface area contributed by atoms with Crippen molar-refractivity contribution >= 4 is 20.0 Å². The van der Waals surface area contributed by atoms with Crippen LogP contribution in [0, 0.1) is 10.1 Å². The molecule has 1 aromatic rings. The van der Waals surface area contributed by atoms with E-state index in [1.54, 1.807) is 6.92 Å². The number of rotatable bonds is 6. The second kappa shape index (κ2) is 7.40. The molecule has 0 aromatic heterocycles. The summed E-state index contributed by atoms with van der Waals surface area (Å²) < 4.78 is 11.1. The van der Waals surface area contributed by atoms with Crippen LogP contribution < -0.4 is 0 Å². The molecule has 1 atom stereocenters. The third-order valence-electron chi connectivity index (χ3n) is 4.35. The zero-order valence-corrected chi connectivity index (χ0v) is 16.3. The van der Waals surface area contributed by atoms with Crippen molar-refractivity contribution < 1.29 is 29.1 Å². The Labute approximate surface area is 147 Å². The lowest BCUT2D eigenvalue weighted by atomic mass is 10.1. The molecule has 0 radical (unpaired) electrons. The molecule has 0 bridgehead atoms. The predicted octanol–water partition coefficient (Wildman–Crippen LogP) is 3.63. The lowest BCUT2D eigenvalue weighted by Crippen LogP contribution is -2.43. The smallest absolute Gasteiger partial charge is 0.352 e. The summed E-state index contributed by atoms with van der Waals surface area (Å²) in [7, 11) is -2.47.